The number of carbonyl (C=O) groups excluding carboxylic acids is 1. The van der Waals surface area contributed by atoms with Gasteiger partial charge in [-0.3, -0.25) is 4.79 Å². The average molecular weight is 325 g/mol. The van der Waals surface area contributed by atoms with E-state index in [1.165, 1.54) is 17.1 Å². The first kappa shape index (κ1) is 16.6. The van der Waals surface area contributed by atoms with E-state index in [4.69, 9.17) is 0 Å². The molecule has 1 aromatic carbocycles. The van der Waals surface area contributed by atoms with Crippen LogP contribution in [-0.2, 0) is 11.3 Å². The van der Waals surface area contributed by atoms with E-state index in [0.717, 1.165) is 39.1 Å². The number of nitrogens with zero attached hydrogens (tertiary/aromatic N) is 3. The summed E-state index contributed by atoms with van der Waals surface area (Å²) in [6, 6.07) is 14.7. The van der Waals surface area contributed by atoms with Gasteiger partial charge in [0.25, 0.3) is 0 Å². The number of aryl methyl sites for hydroxylation is 2. The molecule has 3 rings (SSSR count). The highest BCUT2D eigenvalue weighted by Gasteiger charge is 2.20. The van der Waals surface area contributed by atoms with E-state index < -0.39 is 0 Å². The number of para-hydroxylation sites is 1. The zero-order valence-electron chi connectivity index (χ0n) is 14.7. The van der Waals surface area contributed by atoms with E-state index in [-0.39, 0.29) is 0 Å². The van der Waals surface area contributed by atoms with E-state index in [1.807, 2.05) is 11.0 Å². The third kappa shape index (κ3) is 3.81. The van der Waals surface area contributed by atoms with Gasteiger partial charge in [0.1, 0.15) is 0 Å². The fraction of sp³-hybridized carbons (Fsp3) is 0.450. The highest BCUT2D eigenvalue weighted by atomic mass is 16.2. The molecule has 0 N–H and O–H groups in total. The maximum Gasteiger partial charge on any atom is 0.222 e. The zero-order chi connectivity index (χ0) is 16.9. The maximum atomic E-state index is 12.4. The van der Waals surface area contributed by atoms with Crippen molar-refractivity contribution in [2.45, 2.75) is 33.2 Å². The quantitative estimate of drug-likeness (QED) is 0.844. The van der Waals surface area contributed by atoms with Crippen LogP contribution in [0.3, 0.4) is 0 Å². The third-order valence-electron chi connectivity index (χ3n) is 4.94. The SMILES string of the molecule is Cc1ccc(C)n1CCCC(=O)N1CCN(c2ccccc2)CC1. The third-order valence-corrected chi connectivity index (χ3v) is 4.94. The van der Waals surface area contributed by atoms with Gasteiger partial charge in [-0.2, -0.15) is 0 Å². The summed E-state index contributed by atoms with van der Waals surface area (Å²) in [4.78, 5) is 16.8. The van der Waals surface area contributed by atoms with Crippen molar-refractivity contribution in [3.63, 3.8) is 0 Å². The fourth-order valence-corrected chi connectivity index (χ4v) is 3.45. The predicted molar refractivity (Wildman–Crippen MR) is 98.4 cm³/mol. The number of benzene rings is 1. The number of hydrogen-bond acceptors (Lipinski definition) is 2. The first-order chi connectivity index (χ1) is 11.6. The van der Waals surface area contributed by atoms with Crippen LogP contribution >= 0.6 is 0 Å². The second-order valence-corrected chi connectivity index (χ2v) is 6.57. The van der Waals surface area contributed by atoms with Gasteiger partial charge in [-0.15, -0.1) is 0 Å². The van der Waals surface area contributed by atoms with Gasteiger partial charge < -0.3 is 14.4 Å². The topological polar surface area (TPSA) is 28.5 Å². The van der Waals surface area contributed by atoms with Gasteiger partial charge in [0.15, 0.2) is 0 Å². The summed E-state index contributed by atoms with van der Waals surface area (Å²) in [7, 11) is 0. The smallest absolute Gasteiger partial charge is 0.222 e. The van der Waals surface area contributed by atoms with Crippen molar-refractivity contribution >= 4 is 11.6 Å². The maximum absolute atomic E-state index is 12.4. The molecule has 1 aliphatic rings. The summed E-state index contributed by atoms with van der Waals surface area (Å²) in [6.07, 6.45) is 1.55. The molecule has 4 heteroatoms. The number of aromatic nitrogens is 1. The molecule has 1 aromatic heterocycles. The van der Waals surface area contributed by atoms with Gasteiger partial charge in [-0.05, 0) is 44.5 Å². The Kier molecular flexibility index (Phi) is 5.24. The molecular weight excluding hydrogens is 298 g/mol. The highest BCUT2D eigenvalue weighted by Crippen LogP contribution is 2.16. The summed E-state index contributed by atoms with van der Waals surface area (Å²) >= 11 is 0. The number of carbonyl (C=O) groups is 1. The van der Waals surface area contributed by atoms with Gasteiger partial charge >= 0.3 is 0 Å². The lowest BCUT2D eigenvalue weighted by Gasteiger charge is -2.36. The molecular formula is C20H27N3O. The molecule has 0 unspecified atom stereocenters. The molecule has 0 aliphatic carbocycles. The van der Waals surface area contributed by atoms with Crippen LogP contribution in [0.5, 0.6) is 0 Å². The van der Waals surface area contributed by atoms with Gasteiger partial charge in [-0.25, -0.2) is 0 Å². The van der Waals surface area contributed by atoms with Crippen molar-refractivity contribution in [1.29, 1.82) is 0 Å². The Bertz CT molecular complexity index is 650. The molecule has 1 amide bonds. The Morgan fingerprint density at radius 1 is 0.917 bits per heavy atom. The molecule has 1 fully saturated rings. The molecule has 0 atom stereocenters. The Hall–Kier alpha value is -2.23. The number of hydrogen-bond donors (Lipinski definition) is 0. The van der Waals surface area contributed by atoms with Gasteiger partial charge in [0, 0.05) is 56.2 Å². The van der Waals surface area contributed by atoms with E-state index in [2.05, 4.69) is 59.7 Å². The van der Waals surface area contributed by atoms with E-state index >= 15 is 0 Å². The molecule has 0 bridgehead atoms. The van der Waals surface area contributed by atoms with Crippen LogP contribution < -0.4 is 4.90 Å². The zero-order valence-corrected chi connectivity index (χ0v) is 14.7. The van der Waals surface area contributed by atoms with E-state index in [1.54, 1.807) is 0 Å². The van der Waals surface area contributed by atoms with Crippen LogP contribution in [0, 0.1) is 13.8 Å². The lowest BCUT2D eigenvalue weighted by atomic mass is 10.2. The van der Waals surface area contributed by atoms with E-state index in [0.29, 0.717) is 12.3 Å². The number of rotatable bonds is 5. The summed E-state index contributed by atoms with van der Waals surface area (Å²) in [5.41, 5.74) is 3.80. The van der Waals surface area contributed by atoms with Crippen LogP contribution in [-0.4, -0.2) is 41.6 Å². The molecule has 0 spiro atoms. The molecule has 0 radical (unpaired) electrons. The van der Waals surface area contributed by atoms with Crippen molar-refractivity contribution < 1.29 is 4.79 Å². The van der Waals surface area contributed by atoms with Crippen molar-refractivity contribution in [3.05, 3.63) is 53.9 Å². The Labute approximate surface area is 144 Å². The van der Waals surface area contributed by atoms with Crippen LogP contribution in [0.2, 0.25) is 0 Å². The van der Waals surface area contributed by atoms with Crippen LogP contribution in [0.25, 0.3) is 0 Å². The molecule has 24 heavy (non-hydrogen) atoms. The van der Waals surface area contributed by atoms with Crippen LogP contribution in [0.4, 0.5) is 5.69 Å². The minimum absolute atomic E-state index is 0.296. The normalized spacial score (nSPS) is 14.9. The average Bonchev–Trinajstić information content (AvgIpc) is 2.94. The summed E-state index contributed by atoms with van der Waals surface area (Å²) < 4.78 is 2.29. The van der Waals surface area contributed by atoms with Gasteiger partial charge in [0.05, 0.1) is 0 Å². The number of anilines is 1. The minimum atomic E-state index is 0.296. The van der Waals surface area contributed by atoms with Crippen molar-refractivity contribution in [2.75, 3.05) is 31.1 Å². The van der Waals surface area contributed by atoms with Crippen LogP contribution in [0.15, 0.2) is 42.5 Å². The molecule has 2 aromatic rings. The first-order valence-corrected chi connectivity index (χ1v) is 8.85. The largest absolute Gasteiger partial charge is 0.368 e. The Balaban J connectivity index is 1.44. The number of amides is 1. The van der Waals surface area contributed by atoms with E-state index in [9.17, 15) is 4.79 Å². The lowest BCUT2D eigenvalue weighted by molar-refractivity contribution is -0.131. The highest BCUT2D eigenvalue weighted by molar-refractivity contribution is 5.76. The van der Waals surface area contributed by atoms with Crippen molar-refractivity contribution in [1.82, 2.24) is 9.47 Å². The monoisotopic (exact) mass is 325 g/mol. The molecule has 0 saturated carbocycles. The van der Waals surface area contributed by atoms with Gasteiger partial charge in [0.2, 0.25) is 5.91 Å². The predicted octanol–water partition coefficient (Wildman–Crippen LogP) is 3.23. The molecule has 2 heterocycles. The standard InChI is InChI=1S/C20H27N3O/c1-17-10-11-18(2)23(17)12-6-9-20(24)22-15-13-21(14-16-22)19-7-4-3-5-8-19/h3-5,7-8,10-11H,6,9,12-16H2,1-2H3. The summed E-state index contributed by atoms with van der Waals surface area (Å²) in [6.45, 7) is 8.68. The van der Waals surface area contributed by atoms with Crippen molar-refractivity contribution in [3.8, 4) is 0 Å². The second kappa shape index (κ2) is 7.56. The lowest BCUT2D eigenvalue weighted by Crippen LogP contribution is -2.48. The second-order valence-electron chi connectivity index (χ2n) is 6.57. The first-order valence-electron chi connectivity index (χ1n) is 8.85. The Morgan fingerprint density at radius 3 is 2.17 bits per heavy atom. The summed E-state index contributed by atoms with van der Waals surface area (Å²) in [5.74, 6) is 0.296. The minimum Gasteiger partial charge on any atom is -0.368 e. The van der Waals surface area contributed by atoms with Crippen molar-refractivity contribution in [2.24, 2.45) is 0 Å². The molecule has 128 valence electrons. The van der Waals surface area contributed by atoms with Gasteiger partial charge in [-0.1, -0.05) is 18.2 Å². The fourth-order valence-electron chi connectivity index (χ4n) is 3.45. The molecule has 1 aliphatic heterocycles. The molecule has 1 saturated heterocycles. The number of piperazine rings is 1. The summed E-state index contributed by atoms with van der Waals surface area (Å²) in [5, 5.41) is 0. The molecule has 4 nitrogen and oxygen atoms in total. The van der Waals surface area contributed by atoms with Crippen LogP contribution in [0.1, 0.15) is 24.2 Å². The Morgan fingerprint density at radius 2 is 1.54 bits per heavy atom.